The van der Waals surface area contributed by atoms with Gasteiger partial charge in [-0.3, -0.25) is 9.69 Å². The Morgan fingerprint density at radius 1 is 1.45 bits per heavy atom. The molecule has 1 amide bonds. The molecule has 0 saturated carbocycles. The molecule has 1 aliphatic heterocycles. The number of carbonyl (C=O) groups excluding carboxylic acids is 1. The van der Waals surface area contributed by atoms with E-state index in [-0.39, 0.29) is 12.3 Å². The molecule has 7 nitrogen and oxygen atoms in total. The lowest BCUT2D eigenvalue weighted by molar-refractivity contribution is -0.131. The number of imidazole rings is 1. The molecule has 3 heterocycles. The van der Waals surface area contributed by atoms with Gasteiger partial charge in [0, 0.05) is 38.1 Å². The molecule has 118 valence electrons. The second kappa shape index (κ2) is 6.76. The fourth-order valence-electron chi connectivity index (χ4n) is 2.70. The Hall–Kier alpha value is -2.12. The molecule has 2 N–H and O–H groups in total. The van der Waals surface area contributed by atoms with Crippen LogP contribution in [0, 0.1) is 0 Å². The Morgan fingerprint density at radius 3 is 3.09 bits per heavy atom. The zero-order valence-electron chi connectivity index (χ0n) is 12.3. The maximum Gasteiger partial charge on any atom is 0.228 e. The zero-order chi connectivity index (χ0) is 15.4. The Morgan fingerprint density at radius 2 is 2.36 bits per heavy atom. The van der Waals surface area contributed by atoms with Crippen molar-refractivity contribution in [3.05, 3.63) is 42.4 Å². The number of aromatic nitrogens is 2. The molecule has 1 saturated heterocycles. The Balaban J connectivity index is 1.57. The number of hydrogen-bond acceptors (Lipinski definition) is 5. The predicted octanol–water partition coefficient (Wildman–Crippen LogP) is 0.250. The maximum atomic E-state index is 12.3. The van der Waals surface area contributed by atoms with Gasteiger partial charge in [0.2, 0.25) is 5.91 Å². The highest BCUT2D eigenvalue weighted by Crippen LogP contribution is 2.11. The molecule has 1 atom stereocenters. The largest absolute Gasteiger partial charge is 0.468 e. The van der Waals surface area contributed by atoms with Crippen LogP contribution in [0.5, 0.6) is 0 Å². The van der Waals surface area contributed by atoms with Crippen LogP contribution in [0.25, 0.3) is 0 Å². The first-order valence-electron chi connectivity index (χ1n) is 7.38. The summed E-state index contributed by atoms with van der Waals surface area (Å²) in [5, 5.41) is 10.1. The van der Waals surface area contributed by atoms with Crippen molar-refractivity contribution in [3.63, 3.8) is 0 Å². The summed E-state index contributed by atoms with van der Waals surface area (Å²) in [7, 11) is 0. The van der Waals surface area contributed by atoms with E-state index in [1.807, 2.05) is 12.1 Å². The summed E-state index contributed by atoms with van der Waals surface area (Å²) in [5.41, 5.74) is 0.788. The molecule has 1 fully saturated rings. The van der Waals surface area contributed by atoms with Crippen molar-refractivity contribution in [2.24, 2.45) is 0 Å². The van der Waals surface area contributed by atoms with E-state index in [1.54, 1.807) is 23.7 Å². The second-order valence-corrected chi connectivity index (χ2v) is 5.56. The molecule has 0 bridgehead atoms. The number of furan rings is 1. The van der Waals surface area contributed by atoms with Crippen LogP contribution in [-0.2, 0) is 17.8 Å². The molecule has 0 radical (unpaired) electrons. The Kier molecular flexibility index (Phi) is 4.55. The number of H-pyrrole nitrogens is 1. The van der Waals surface area contributed by atoms with Crippen molar-refractivity contribution in [2.45, 2.75) is 19.1 Å². The normalized spacial score (nSPS) is 20.0. The van der Waals surface area contributed by atoms with Crippen molar-refractivity contribution in [3.8, 4) is 0 Å². The number of β-amino-alcohol motifs (C(OH)–C–C–N with tert-alkyl or cyclic N) is 1. The van der Waals surface area contributed by atoms with Crippen LogP contribution in [0.1, 0.15) is 11.5 Å². The Labute approximate surface area is 128 Å². The molecule has 2 aromatic heterocycles. The molecule has 0 aliphatic carbocycles. The SMILES string of the molecule is O=C(Cc1cnc[nH]1)N1CCN(Cc2ccco2)CC(O)C1. The number of carbonyl (C=O) groups is 1. The molecule has 1 unspecified atom stereocenters. The number of amides is 1. The quantitative estimate of drug-likeness (QED) is 0.846. The molecule has 22 heavy (non-hydrogen) atoms. The van der Waals surface area contributed by atoms with E-state index in [0.29, 0.717) is 32.7 Å². The van der Waals surface area contributed by atoms with Gasteiger partial charge in [0.15, 0.2) is 0 Å². The molecule has 0 aromatic carbocycles. The lowest BCUT2D eigenvalue weighted by Crippen LogP contribution is -2.38. The van der Waals surface area contributed by atoms with Crippen LogP contribution in [0.4, 0.5) is 0 Å². The van der Waals surface area contributed by atoms with Crippen molar-refractivity contribution in [1.29, 1.82) is 0 Å². The maximum absolute atomic E-state index is 12.3. The van der Waals surface area contributed by atoms with Gasteiger partial charge in [-0.2, -0.15) is 0 Å². The van der Waals surface area contributed by atoms with Gasteiger partial charge < -0.3 is 19.4 Å². The van der Waals surface area contributed by atoms with Crippen LogP contribution in [0.2, 0.25) is 0 Å². The predicted molar refractivity (Wildman–Crippen MR) is 78.9 cm³/mol. The van der Waals surface area contributed by atoms with E-state index >= 15 is 0 Å². The Bertz CT molecular complexity index is 582. The molecule has 1 aliphatic rings. The first kappa shape index (κ1) is 14.8. The van der Waals surface area contributed by atoms with Crippen molar-refractivity contribution in [2.75, 3.05) is 26.2 Å². The minimum absolute atomic E-state index is 0.00292. The van der Waals surface area contributed by atoms with Crippen molar-refractivity contribution < 1.29 is 14.3 Å². The van der Waals surface area contributed by atoms with Gasteiger partial charge in [0.25, 0.3) is 0 Å². The molecule has 0 spiro atoms. The van der Waals surface area contributed by atoms with Gasteiger partial charge >= 0.3 is 0 Å². The monoisotopic (exact) mass is 304 g/mol. The molecule has 7 heteroatoms. The lowest BCUT2D eigenvalue weighted by atomic mass is 10.2. The average Bonchev–Trinajstić information content (AvgIpc) is 3.13. The van der Waals surface area contributed by atoms with Crippen molar-refractivity contribution >= 4 is 5.91 Å². The smallest absolute Gasteiger partial charge is 0.228 e. The van der Waals surface area contributed by atoms with Crippen LogP contribution < -0.4 is 0 Å². The topological polar surface area (TPSA) is 85.6 Å². The number of hydrogen-bond donors (Lipinski definition) is 2. The summed E-state index contributed by atoms with van der Waals surface area (Å²) in [6, 6.07) is 3.77. The van der Waals surface area contributed by atoms with Gasteiger partial charge in [-0.05, 0) is 12.1 Å². The standard InChI is InChI=1S/C15H20N4O3/c20-13-8-18(10-14-2-1-5-22-14)3-4-19(9-13)15(21)6-12-7-16-11-17-12/h1-2,5,7,11,13,20H,3-4,6,8-10H2,(H,16,17). The fourth-order valence-corrected chi connectivity index (χ4v) is 2.70. The number of nitrogens with zero attached hydrogens (tertiary/aromatic N) is 3. The highest BCUT2D eigenvalue weighted by Gasteiger charge is 2.25. The van der Waals surface area contributed by atoms with Gasteiger partial charge in [0.1, 0.15) is 5.76 Å². The van der Waals surface area contributed by atoms with Crippen LogP contribution in [0.3, 0.4) is 0 Å². The first-order valence-corrected chi connectivity index (χ1v) is 7.38. The highest BCUT2D eigenvalue weighted by molar-refractivity contribution is 5.78. The molecular weight excluding hydrogens is 284 g/mol. The number of aliphatic hydroxyl groups is 1. The molecule has 2 aromatic rings. The van der Waals surface area contributed by atoms with E-state index in [1.165, 1.54) is 0 Å². The summed E-state index contributed by atoms with van der Waals surface area (Å²) in [6.07, 6.45) is 4.58. The second-order valence-electron chi connectivity index (χ2n) is 5.56. The first-order chi connectivity index (χ1) is 10.7. The van der Waals surface area contributed by atoms with E-state index in [9.17, 15) is 9.90 Å². The zero-order valence-corrected chi connectivity index (χ0v) is 12.3. The van der Waals surface area contributed by atoms with E-state index in [2.05, 4.69) is 14.9 Å². The number of aromatic amines is 1. The number of nitrogens with one attached hydrogen (secondary N) is 1. The average molecular weight is 304 g/mol. The fraction of sp³-hybridized carbons (Fsp3) is 0.467. The van der Waals surface area contributed by atoms with E-state index in [0.717, 1.165) is 11.5 Å². The van der Waals surface area contributed by atoms with Gasteiger partial charge in [-0.25, -0.2) is 4.98 Å². The minimum Gasteiger partial charge on any atom is -0.468 e. The highest BCUT2D eigenvalue weighted by atomic mass is 16.3. The summed E-state index contributed by atoms with van der Waals surface area (Å²) >= 11 is 0. The van der Waals surface area contributed by atoms with E-state index in [4.69, 9.17) is 4.42 Å². The summed E-state index contributed by atoms with van der Waals surface area (Å²) in [5.74, 6) is 0.868. The van der Waals surface area contributed by atoms with E-state index < -0.39 is 6.10 Å². The van der Waals surface area contributed by atoms with Crippen LogP contribution >= 0.6 is 0 Å². The van der Waals surface area contributed by atoms with Gasteiger partial charge in [0.05, 0.1) is 31.7 Å². The third kappa shape index (κ3) is 3.75. The van der Waals surface area contributed by atoms with Crippen LogP contribution in [-0.4, -0.2) is 63.1 Å². The minimum atomic E-state index is -0.553. The summed E-state index contributed by atoms with van der Waals surface area (Å²) < 4.78 is 5.34. The van der Waals surface area contributed by atoms with Crippen LogP contribution in [0.15, 0.2) is 35.3 Å². The van der Waals surface area contributed by atoms with Crippen molar-refractivity contribution in [1.82, 2.24) is 19.8 Å². The van der Waals surface area contributed by atoms with Gasteiger partial charge in [-0.1, -0.05) is 0 Å². The molecule has 3 rings (SSSR count). The van der Waals surface area contributed by atoms with Gasteiger partial charge in [-0.15, -0.1) is 0 Å². The third-order valence-electron chi connectivity index (χ3n) is 3.80. The number of rotatable bonds is 4. The lowest BCUT2D eigenvalue weighted by Gasteiger charge is -2.21. The summed E-state index contributed by atoms with van der Waals surface area (Å²) in [6.45, 7) is 2.86. The molecular formula is C15H20N4O3. The number of aliphatic hydroxyl groups excluding tert-OH is 1. The third-order valence-corrected chi connectivity index (χ3v) is 3.80. The summed E-state index contributed by atoms with van der Waals surface area (Å²) in [4.78, 5) is 23.0.